The molecule has 6 nitrogen and oxygen atoms in total. The molecule has 138 valence electrons. The van der Waals surface area contributed by atoms with Gasteiger partial charge in [-0.1, -0.05) is 29.8 Å². The molecule has 0 aliphatic carbocycles. The van der Waals surface area contributed by atoms with Gasteiger partial charge in [-0.05, 0) is 43.7 Å². The number of methoxy groups -OCH3 is 1. The number of rotatable bonds is 5. The largest absolute Gasteiger partial charge is 0.465 e. The van der Waals surface area contributed by atoms with Crippen LogP contribution >= 0.6 is 11.6 Å². The van der Waals surface area contributed by atoms with E-state index in [0.29, 0.717) is 28.0 Å². The number of aryl methyl sites for hydroxylation is 2. The zero-order valence-electron chi connectivity index (χ0n) is 15.2. The fourth-order valence-corrected chi connectivity index (χ4v) is 2.69. The molecule has 0 aliphatic heterocycles. The Labute approximate surface area is 162 Å². The van der Waals surface area contributed by atoms with E-state index in [0.717, 1.165) is 16.9 Å². The van der Waals surface area contributed by atoms with Gasteiger partial charge in [-0.3, -0.25) is 0 Å². The van der Waals surface area contributed by atoms with Crippen molar-refractivity contribution in [2.24, 2.45) is 0 Å². The molecule has 0 bridgehead atoms. The molecule has 27 heavy (non-hydrogen) atoms. The van der Waals surface area contributed by atoms with E-state index in [1.165, 1.54) is 7.11 Å². The van der Waals surface area contributed by atoms with Crippen LogP contribution in [0.1, 0.15) is 21.6 Å². The highest BCUT2D eigenvalue weighted by Crippen LogP contribution is 2.24. The van der Waals surface area contributed by atoms with Crippen molar-refractivity contribution in [2.45, 2.75) is 13.8 Å². The molecule has 1 aromatic heterocycles. The Bertz CT molecular complexity index is 991. The quantitative estimate of drug-likeness (QED) is 0.603. The minimum Gasteiger partial charge on any atom is -0.465 e. The number of aromatic nitrogens is 2. The van der Waals surface area contributed by atoms with E-state index in [2.05, 4.69) is 20.6 Å². The minimum absolute atomic E-state index is 0.420. The third-order valence-electron chi connectivity index (χ3n) is 3.88. The molecular formula is C20H19ClN4O2. The highest BCUT2D eigenvalue weighted by molar-refractivity contribution is 6.31. The van der Waals surface area contributed by atoms with Crippen LogP contribution in [0, 0.1) is 13.8 Å². The van der Waals surface area contributed by atoms with Gasteiger partial charge in [-0.25, -0.2) is 9.78 Å². The van der Waals surface area contributed by atoms with Crippen LogP contribution in [0.2, 0.25) is 5.02 Å². The maximum absolute atomic E-state index is 11.9. The van der Waals surface area contributed by atoms with Crippen LogP contribution in [0.25, 0.3) is 0 Å². The molecule has 0 radical (unpaired) electrons. The SMILES string of the molecule is COC(=O)c1ccccc1Nc1cc(C)nc(Nc2ccc(C)c(Cl)c2)n1. The second kappa shape index (κ2) is 8.05. The second-order valence-electron chi connectivity index (χ2n) is 5.97. The summed E-state index contributed by atoms with van der Waals surface area (Å²) < 4.78 is 4.83. The first-order chi connectivity index (χ1) is 13.0. The predicted octanol–water partition coefficient (Wildman–Crippen LogP) is 5.02. The van der Waals surface area contributed by atoms with Crippen LogP contribution in [0.5, 0.6) is 0 Å². The van der Waals surface area contributed by atoms with E-state index in [9.17, 15) is 4.79 Å². The molecule has 2 aromatic carbocycles. The number of hydrogen-bond donors (Lipinski definition) is 2. The third-order valence-corrected chi connectivity index (χ3v) is 4.28. The standard InChI is InChI=1S/C20H19ClN4O2/c1-12-8-9-14(11-16(12)21)23-20-22-13(2)10-18(25-20)24-17-7-5-4-6-15(17)19(26)27-3/h4-11H,1-3H3,(H2,22,23,24,25). The van der Waals surface area contributed by atoms with E-state index in [1.807, 2.05) is 38.1 Å². The van der Waals surface area contributed by atoms with Crippen LogP contribution < -0.4 is 10.6 Å². The first-order valence-corrected chi connectivity index (χ1v) is 8.67. The fourth-order valence-electron chi connectivity index (χ4n) is 2.51. The van der Waals surface area contributed by atoms with E-state index >= 15 is 0 Å². The van der Waals surface area contributed by atoms with Crippen molar-refractivity contribution in [3.8, 4) is 0 Å². The van der Waals surface area contributed by atoms with E-state index < -0.39 is 5.97 Å². The van der Waals surface area contributed by atoms with Crippen LogP contribution in [0.3, 0.4) is 0 Å². The Hall–Kier alpha value is -3.12. The Kier molecular flexibility index (Phi) is 5.57. The number of carbonyl (C=O) groups excluding carboxylic acids is 1. The maximum Gasteiger partial charge on any atom is 0.339 e. The lowest BCUT2D eigenvalue weighted by molar-refractivity contribution is 0.0602. The number of halogens is 1. The number of nitrogens with one attached hydrogen (secondary N) is 2. The molecular weight excluding hydrogens is 364 g/mol. The average molecular weight is 383 g/mol. The van der Waals surface area contributed by atoms with Gasteiger partial charge < -0.3 is 15.4 Å². The number of esters is 1. The van der Waals surface area contributed by atoms with Gasteiger partial charge in [-0.15, -0.1) is 0 Å². The lowest BCUT2D eigenvalue weighted by Gasteiger charge is -2.12. The molecule has 0 aliphatic rings. The molecule has 0 saturated heterocycles. The Balaban J connectivity index is 1.88. The summed E-state index contributed by atoms with van der Waals surface area (Å²) in [5.74, 6) is 0.559. The summed E-state index contributed by atoms with van der Waals surface area (Å²) in [5, 5.41) is 6.97. The van der Waals surface area contributed by atoms with Gasteiger partial charge in [0.2, 0.25) is 5.95 Å². The number of anilines is 4. The predicted molar refractivity (Wildman–Crippen MR) is 107 cm³/mol. The van der Waals surface area contributed by atoms with Crippen molar-refractivity contribution in [3.05, 3.63) is 70.4 Å². The minimum atomic E-state index is -0.420. The summed E-state index contributed by atoms with van der Waals surface area (Å²) in [6.07, 6.45) is 0. The van der Waals surface area contributed by atoms with Crippen LogP contribution in [0.4, 0.5) is 23.1 Å². The zero-order chi connectivity index (χ0) is 19.4. The number of carbonyl (C=O) groups is 1. The van der Waals surface area contributed by atoms with Crippen LogP contribution in [0.15, 0.2) is 48.5 Å². The van der Waals surface area contributed by atoms with Crippen molar-refractivity contribution >= 4 is 40.7 Å². The smallest absolute Gasteiger partial charge is 0.339 e. The molecule has 1 heterocycles. The molecule has 0 atom stereocenters. The molecule has 7 heteroatoms. The fraction of sp³-hybridized carbons (Fsp3) is 0.150. The van der Waals surface area contributed by atoms with E-state index in [4.69, 9.17) is 16.3 Å². The second-order valence-corrected chi connectivity index (χ2v) is 6.38. The van der Waals surface area contributed by atoms with Crippen molar-refractivity contribution in [3.63, 3.8) is 0 Å². The Morgan fingerprint density at radius 3 is 2.56 bits per heavy atom. The van der Waals surface area contributed by atoms with Crippen molar-refractivity contribution < 1.29 is 9.53 Å². The summed E-state index contributed by atoms with van der Waals surface area (Å²) in [4.78, 5) is 20.8. The molecule has 0 saturated carbocycles. The van der Waals surface area contributed by atoms with Crippen molar-refractivity contribution in [1.29, 1.82) is 0 Å². The highest BCUT2D eigenvalue weighted by atomic mass is 35.5. The van der Waals surface area contributed by atoms with Gasteiger partial charge >= 0.3 is 5.97 Å². The van der Waals surface area contributed by atoms with Crippen molar-refractivity contribution in [2.75, 3.05) is 17.7 Å². The van der Waals surface area contributed by atoms with Gasteiger partial charge in [0.05, 0.1) is 18.4 Å². The Morgan fingerprint density at radius 1 is 1.04 bits per heavy atom. The van der Waals surface area contributed by atoms with Crippen LogP contribution in [-0.2, 0) is 4.74 Å². The molecule has 0 spiro atoms. The highest BCUT2D eigenvalue weighted by Gasteiger charge is 2.12. The topological polar surface area (TPSA) is 76.1 Å². The number of benzene rings is 2. The summed E-state index contributed by atoms with van der Waals surface area (Å²) >= 11 is 6.17. The number of ether oxygens (including phenoxy) is 1. The lowest BCUT2D eigenvalue weighted by Crippen LogP contribution is -2.07. The third kappa shape index (κ3) is 4.54. The van der Waals surface area contributed by atoms with E-state index in [-0.39, 0.29) is 0 Å². The number of para-hydroxylation sites is 1. The zero-order valence-corrected chi connectivity index (χ0v) is 16.0. The molecule has 3 aromatic rings. The first kappa shape index (κ1) is 18.7. The Morgan fingerprint density at radius 2 is 1.81 bits per heavy atom. The molecule has 3 rings (SSSR count). The molecule has 0 fully saturated rings. The number of nitrogens with zero attached hydrogens (tertiary/aromatic N) is 2. The summed E-state index contributed by atoms with van der Waals surface area (Å²) in [7, 11) is 1.35. The van der Waals surface area contributed by atoms with Crippen LogP contribution in [-0.4, -0.2) is 23.0 Å². The van der Waals surface area contributed by atoms with E-state index in [1.54, 1.807) is 24.3 Å². The normalized spacial score (nSPS) is 10.4. The maximum atomic E-state index is 11.9. The summed E-state index contributed by atoms with van der Waals surface area (Å²) in [6, 6.07) is 14.5. The number of hydrogen-bond acceptors (Lipinski definition) is 6. The van der Waals surface area contributed by atoms with Gasteiger partial charge in [0.1, 0.15) is 5.82 Å². The van der Waals surface area contributed by atoms with Crippen molar-refractivity contribution in [1.82, 2.24) is 9.97 Å². The summed E-state index contributed by atoms with van der Waals surface area (Å²) in [5.41, 5.74) is 3.58. The lowest BCUT2D eigenvalue weighted by atomic mass is 10.2. The summed E-state index contributed by atoms with van der Waals surface area (Å²) in [6.45, 7) is 3.81. The van der Waals surface area contributed by atoms with Gasteiger partial charge in [0.15, 0.2) is 0 Å². The molecule has 2 N–H and O–H groups in total. The van der Waals surface area contributed by atoms with Gasteiger partial charge in [0.25, 0.3) is 0 Å². The molecule has 0 unspecified atom stereocenters. The van der Waals surface area contributed by atoms with Gasteiger partial charge in [0, 0.05) is 22.5 Å². The van der Waals surface area contributed by atoms with Gasteiger partial charge in [-0.2, -0.15) is 4.98 Å². The first-order valence-electron chi connectivity index (χ1n) is 8.29. The average Bonchev–Trinajstić information content (AvgIpc) is 2.64. The molecule has 0 amide bonds. The monoisotopic (exact) mass is 382 g/mol.